The Kier molecular flexibility index (Phi) is 3.50. The summed E-state index contributed by atoms with van der Waals surface area (Å²) in [6.07, 6.45) is 0.803. The zero-order chi connectivity index (χ0) is 15.3. The Morgan fingerprint density at radius 1 is 1.29 bits per heavy atom. The highest BCUT2D eigenvalue weighted by Gasteiger charge is 2.41. The largest absolute Gasteiger partial charge is 0.398 e. The minimum atomic E-state index is -3.59. The molecule has 0 spiro atoms. The highest BCUT2D eigenvalue weighted by atomic mass is 32.2. The van der Waals surface area contributed by atoms with E-state index >= 15 is 0 Å². The second kappa shape index (κ2) is 4.96. The van der Waals surface area contributed by atoms with Crippen LogP contribution < -0.4 is 5.73 Å². The maximum atomic E-state index is 12.6. The van der Waals surface area contributed by atoms with Gasteiger partial charge in [0.25, 0.3) is 0 Å². The lowest BCUT2D eigenvalue weighted by atomic mass is 10.00. The minimum absolute atomic E-state index is 0.0382. The fourth-order valence-electron chi connectivity index (χ4n) is 3.01. The first-order chi connectivity index (χ1) is 9.79. The minimum Gasteiger partial charge on any atom is -0.398 e. The normalized spacial score (nSPS) is 25.6. The summed E-state index contributed by atoms with van der Waals surface area (Å²) in [4.78, 5) is 0. The van der Waals surface area contributed by atoms with Gasteiger partial charge >= 0.3 is 0 Å². The smallest absolute Gasteiger partial charge is 0.218 e. The zero-order valence-electron chi connectivity index (χ0n) is 11.5. The Balaban J connectivity index is 1.87. The van der Waals surface area contributed by atoms with Crippen molar-refractivity contribution in [3.05, 3.63) is 29.3 Å². The van der Waals surface area contributed by atoms with Crippen molar-refractivity contribution in [2.24, 2.45) is 0 Å². The molecule has 2 aliphatic heterocycles. The van der Waals surface area contributed by atoms with E-state index in [-0.39, 0.29) is 24.5 Å². The number of rotatable bonds is 2. The van der Waals surface area contributed by atoms with Gasteiger partial charge in [-0.2, -0.15) is 4.31 Å². The zero-order valence-corrected chi connectivity index (χ0v) is 13.2. The average molecular weight is 330 g/mol. The lowest BCUT2D eigenvalue weighted by Gasteiger charge is -2.30. The van der Waals surface area contributed by atoms with E-state index in [4.69, 9.17) is 5.73 Å². The molecule has 1 aromatic rings. The number of anilines is 1. The van der Waals surface area contributed by atoms with Gasteiger partial charge in [-0.25, -0.2) is 16.8 Å². The van der Waals surface area contributed by atoms with E-state index in [1.165, 1.54) is 4.31 Å². The number of sulfone groups is 1. The van der Waals surface area contributed by atoms with Gasteiger partial charge in [0, 0.05) is 18.8 Å². The van der Waals surface area contributed by atoms with Crippen molar-refractivity contribution in [2.45, 2.75) is 24.6 Å². The molecule has 21 heavy (non-hydrogen) atoms. The first-order valence-corrected chi connectivity index (χ1v) is 10.2. The SMILES string of the molecule is Nc1cccc2c1CN(S(=O)(=O)C1CCS(=O)(=O)C1)CC2. The predicted molar refractivity (Wildman–Crippen MR) is 80.9 cm³/mol. The summed E-state index contributed by atoms with van der Waals surface area (Å²) in [5, 5.41) is -0.811. The van der Waals surface area contributed by atoms with E-state index < -0.39 is 25.1 Å². The highest BCUT2D eigenvalue weighted by Crippen LogP contribution is 2.29. The maximum absolute atomic E-state index is 12.6. The van der Waals surface area contributed by atoms with Gasteiger partial charge in [0.1, 0.15) is 0 Å². The van der Waals surface area contributed by atoms with Crippen molar-refractivity contribution in [1.82, 2.24) is 4.31 Å². The van der Waals surface area contributed by atoms with Crippen molar-refractivity contribution >= 4 is 25.5 Å². The Labute approximate surface area is 124 Å². The third-order valence-corrected chi connectivity index (χ3v) is 8.50. The molecule has 2 N–H and O–H groups in total. The van der Waals surface area contributed by atoms with Crippen LogP contribution in [0.15, 0.2) is 18.2 Å². The molecule has 8 heteroatoms. The number of fused-ring (bicyclic) bond motifs is 1. The second-order valence-corrected chi connectivity index (χ2v) is 10.1. The van der Waals surface area contributed by atoms with Crippen LogP contribution in [0.3, 0.4) is 0 Å². The van der Waals surface area contributed by atoms with Gasteiger partial charge in [-0.3, -0.25) is 0 Å². The van der Waals surface area contributed by atoms with Crippen LogP contribution in [0.5, 0.6) is 0 Å². The first kappa shape index (κ1) is 14.8. The standard InChI is InChI=1S/C13H18N2O4S2/c14-13-3-1-2-10-4-6-15(8-12(10)13)21(18,19)11-5-7-20(16,17)9-11/h1-3,11H,4-9,14H2. The number of sulfonamides is 1. The summed E-state index contributed by atoms with van der Waals surface area (Å²) in [5.74, 6) is -0.299. The van der Waals surface area contributed by atoms with E-state index in [2.05, 4.69) is 0 Å². The summed E-state index contributed by atoms with van der Waals surface area (Å²) in [6, 6.07) is 5.58. The summed E-state index contributed by atoms with van der Waals surface area (Å²) >= 11 is 0. The molecule has 3 rings (SSSR count). The van der Waals surface area contributed by atoms with Crippen molar-refractivity contribution in [1.29, 1.82) is 0 Å². The number of nitrogen functional groups attached to an aromatic ring is 1. The highest BCUT2D eigenvalue weighted by molar-refractivity contribution is 7.95. The quantitative estimate of drug-likeness (QED) is 0.778. The lowest BCUT2D eigenvalue weighted by Crippen LogP contribution is -2.42. The van der Waals surface area contributed by atoms with Gasteiger partial charge in [-0.05, 0) is 30.0 Å². The molecule has 1 unspecified atom stereocenters. The summed E-state index contributed by atoms with van der Waals surface area (Å²) in [5.41, 5.74) is 8.43. The molecular weight excluding hydrogens is 312 g/mol. The average Bonchev–Trinajstić information content (AvgIpc) is 2.80. The van der Waals surface area contributed by atoms with Crippen molar-refractivity contribution in [2.75, 3.05) is 23.8 Å². The van der Waals surface area contributed by atoms with E-state index in [0.717, 1.165) is 11.1 Å². The monoisotopic (exact) mass is 330 g/mol. The maximum Gasteiger partial charge on any atom is 0.218 e. The number of hydrogen-bond donors (Lipinski definition) is 1. The molecule has 116 valence electrons. The number of benzene rings is 1. The van der Waals surface area contributed by atoms with Crippen LogP contribution in [0, 0.1) is 0 Å². The topological polar surface area (TPSA) is 97.5 Å². The van der Waals surface area contributed by atoms with E-state index in [0.29, 0.717) is 18.7 Å². The second-order valence-electron chi connectivity index (χ2n) is 5.64. The Morgan fingerprint density at radius 3 is 2.71 bits per heavy atom. The molecule has 1 saturated heterocycles. The number of nitrogens with zero attached hydrogens (tertiary/aromatic N) is 1. The molecule has 1 atom stereocenters. The number of nitrogens with two attached hydrogens (primary N) is 1. The van der Waals surface area contributed by atoms with Crippen LogP contribution in [-0.4, -0.2) is 44.4 Å². The van der Waals surface area contributed by atoms with E-state index in [1.807, 2.05) is 12.1 Å². The summed E-state index contributed by atoms with van der Waals surface area (Å²) < 4.78 is 49.7. The molecule has 2 aliphatic rings. The molecule has 0 saturated carbocycles. The molecule has 1 fully saturated rings. The van der Waals surface area contributed by atoms with Crippen LogP contribution >= 0.6 is 0 Å². The predicted octanol–water partition coefficient (Wildman–Crippen LogP) is 0.144. The molecule has 1 aromatic carbocycles. The summed E-state index contributed by atoms with van der Waals surface area (Å²) in [6.45, 7) is 0.621. The lowest BCUT2D eigenvalue weighted by molar-refractivity contribution is 0.386. The van der Waals surface area contributed by atoms with Crippen LogP contribution in [0.2, 0.25) is 0 Å². The molecule has 0 bridgehead atoms. The van der Waals surface area contributed by atoms with Gasteiger partial charge in [0.15, 0.2) is 9.84 Å². The van der Waals surface area contributed by atoms with Crippen molar-refractivity contribution in [3.8, 4) is 0 Å². The van der Waals surface area contributed by atoms with Gasteiger partial charge in [0.05, 0.1) is 16.8 Å². The Bertz CT molecular complexity index is 771. The van der Waals surface area contributed by atoms with Gasteiger partial charge in [0.2, 0.25) is 10.0 Å². The fraction of sp³-hybridized carbons (Fsp3) is 0.538. The van der Waals surface area contributed by atoms with E-state index in [9.17, 15) is 16.8 Å². The molecule has 0 aliphatic carbocycles. The van der Waals surface area contributed by atoms with Crippen LogP contribution in [0.25, 0.3) is 0 Å². The first-order valence-electron chi connectivity index (χ1n) is 6.85. The molecule has 0 amide bonds. The van der Waals surface area contributed by atoms with Crippen molar-refractivity contribution < 1.29 is 16.8 Å². The number of hydrogen-bond acceptors (Lipinski definition) is 5. The molecular formula is C13H18N2O4S2. The van der Waals surface area contributed by atoms with Crippen molar-refractivity contribution in [3.63, 3.8) is 0 Å². The van der Waals surface area contributed by atoms with E-state index in [1.54, 1.807) is 6.07 Å². The summed E-state index contributed by atoms with van der Waals surface area (Å²) in [7, 11) is -6.81. The van der Waals surface area contributed by atoms with Gasteiger partial charge < -0.3 is 5.73 Å². The van der Waals surface area contributed by atoms with Gasteiger partial charge in [-0.15, -0.1) is 0 Å². The third-order valence-electron chi connectivity index (χ3n) is 4.25. The fourth-order valence-corrected chi connectivity index (χ4v) is 7.50. The third kappa shape index (κ3) is 2.67. The Hall–Kier alpha value is -1.12. The molecule has 0 aromatic heterocycles. The Morgan fingerprint density at radius 2 is 2.05 bits per heavy atom. The molecule has 6 nitrogen and oxygen atoms in total. The molecule has 0 radical (unpaired) electrons. The van der Waals surface area contributed by atoms with Crippen LogP contribution in [-0.2, 0) is 32.8 Å². The van der Waals surface area contributed by atoms with Crippen LogP contribution in [0.1, 0.15) is 17.5 Å². The van der Waals surface area contributed by atoms with Gasteiger partial charge in [-0.1, -0.05) is 12.1 Å². The van der Waals surface area contributed by atoms with Crippen LogP contribution in [0.4, 0.5) is 5.69 Å². The molecule has 2 heterocycles.